The van der Waals surface area contributed by atoms with E-state index in [9.17, 15) is 4.39 Å². The number of hydrogen-bond donors (Lipinski definition) is 1. The van der Waals surface area contributed by atoms with Crippen LogP contribution >= 0.6 is 0 Å². The second-order valence-electron chi connectivity index (χ2n) is 4.72. The van der Waals surface area contributed by atoms with Crippen molar-refractivity contribution < 1.29 is 4.39 Å². The first-order chi connectivity index (χ1) is 10.3. The van der Waals surface area contributed by atoms with Gasteiger partial charge in [-0.1, -0.05) is 48.5 Å². The van der Waals surface area contributed by atoms with Crippen molar-refractivity contribution in [1.82, 2.24) is 4.98 Å². The molecule has 0 bridgehead atoms. The predicted molar refractivity (Wildman–Crippen MR) is 82.5 cm³/mol. The minimum absolute atomic E-state index is 0.190. The molecule has 0 spiro atoms. The van der Waals surface area contributed by atoms with Crippen LogP contribution in [0.15, 0.2) is 79.0 Å². The zero-order valence-corrected chi connectivity index (χ0v) is 11.4. The zero-order valence-electron chi connectivity index (χ0n) is 11.4. The van der Waals surface area contributed by atoms with Crippen LogP contribution in [-0.2, 0) is 0 Å². The van der Waals surface area contributed by atoms with Gasteiger partial charge in [-0.15, -0.1) is 0 Å². The lowest BCUT2D eigenvalue weighted by Gasteiger charge is -2.20. The minimum atomic E-state index is -0.269. The summed E-state index contributed by atoms with van der Waals surface area (Å²) in [6.45, 7) is 0. The fourth-order valence-corrected chi connectivity index (χ4v) is 2.25. The summed E-state index contributed by atoms with van der Waals surface area (Å²) in [5, 5.41) is 3.24. The van der Waals surface area contributed by atoms with E-state index in [0.717, 1.165) is 11.3 Å². The first-order valence-electron chi connectivity index (χ1n) is 6.81. The summed E-state index contributed by atoms with van der Waals surface area (Å²) in [6.07, 6.45) is 1.74. The SMILES string of the molecule is Fc1ccccc1NC(c1ccccc1)c1ccccn1. The third kappa shape index (κ3) is 3.08. The summed E-state index contributed by atoms with van der Waals surface area (Å²) >= 11 is 0. The van der Waals surface area contributed by atoms with Crippen molar-refractivity contribution in [3.8, 4) is 0 Å². The van der Waals surface area contributed by atoms with Gasteiger partial charge in [-0.05, 0) is 29.8 Å². The first kappa shape index (κ1) is 13.3. The molecule has 1 aromatic heterocycles. The third-order valence-corrected chi connectivity index (χ3v) is 3.29. The average molecular weight is 278 g/mol. The predicted octanol–water partition coefficient (Wildman–Crippen LogP) is 4.42. The van der Waals surface area contributed by atoms with E-state index in [1.807, 2.05) is 54.6 Å². The number of nitrogens with zero attached hydrogens (tertiary/aromatic N) is 1. The van der Waals surface area contributed by atoms with Crippen molar-refractivity contribution in [1.29, 1.82) is 0 Å². The molecule has 0 aliphatic heterocycles. The Hall–Kier alpha value is -2.68. The summed E-state index contributed by atoms with van der Waals surface area (Å²) in [5.41, 5.74) is 2.36. The summed E-state index contributed by atoms with van der Waals surface area (Å²) in [4.78, 5) is 4.40. The maximum absolute atomic E-state index is 13.9. The average Bonchev–Trinajstić information content (AvgIpc) is 2.56. The summed E-state index contributed by atoms with van der Waals surface area (Å²) in [7, 11) is 0. The van der Waals surface area contributed by atoms with Gasteiger partial charge in [0, 0.05) is 6.20 Å². The maximum atomic E-state index is 13.9. The third-order valence-electron chi connectivity index (χ3n) is 3.29. The van der Waals surface area contributed by atoms with Gasteiger partial charge in [-0.25, -0.2) is 4.39 Å². The van der Waals surface area contributed by atoms with Gasteiger partial charge in [-0.2, -0.15) is 0 Å². The van der Waals surface area contributed by atoms with Crippen molar-refractivity contribution >= 4 is 5.69 Å². The molecular formula is C18H15FN2. The van der Waals surface area contributed by atoms with Gasteiger partial charge >= 0.3 is 0 Å². The molecular weight excluding hydrogens is 263 g/mol. The molecule has 2 aromatic carbocycles. The topological polar surface area (TPSA) is 24.9 Å². The molecule has 21 heavy (non-hydrogen) atoms. The zero-order chi connectivity index (χ0) is 14.5. The van der Waals surface area contributed by atoms with E-state index in [1.165, 1.54) is 6.07 Å². The lowest BCUT2D eigenvalue weighted by atomic mass is 10.0. The monoisotopic (exact) mass is 278 g/mol. The second kappa shape index (κ2) is 6.18. The van der Waals surface area contributed by atoms with Crippen molar-refractivity contribution in [3.05, 3.63) is 96.1 Å². The fourth-order valence-electron chi connectivity index (χ4n) is 2.25. The van der Waals surface area contributed by atoms with E-state index >= 15 is 0 Å². The van der Waals surface area contributed by atoms with Gasteiger partial charge in [-0.3, -0.25) is 4.98 Å². The molecule has 1 atom stereocenters. The number of hydrogen-bond acceptors (Lipinski definition) is 2. The molecule has 1 N–H and O–H groups in total. The van der Waals surface area contributed by atoms with Crippen molar-refractivity contribution in [2.75, 3.05) is 5.32 Å². The lowest BCUT2D eigenvalue weighted by Crippen LogP contribution is -2.14. The molecule has 0 aliphatic rings. The Morgan fingerprint density at radius 2 is 1.52 bits per heavy atom. The highest BCUT2D eigenvalue weighted by atomic mass is 19.1. The lowest BCUT2D eigenvalue weighted by molar-refractivity contribution is 0.628. The molecule has 104 valence electrons. The van der Waals surface area contributed by atoms with Crippen LogP contribution in [0.2, 0.25) is 0 Å². The van der Waals surface area contributed by atoms with Crippen molar-refractivity contribution in [2.45, 2.75) is 6.04 Å². The molecule has 1 unspecified atom stereocenters. The highest BCUT2D eigenvalue weighted by Gasteiger charge is 2.16. The number of halogens is 1. The Bertz CT molecular complexity index is 659. The number of rotatable bonds is 4. The fraction of sp³-hybridized carbons (Fsp3) is 0.0556. The smallest absolute Gasteiger partial charge is 0.146 e. The largest absolute Gasteiger partial charge is 0.370 e. The molecule has 0 saturated heterocycles. The molecule has 0 amide bonds. The Morgan fingerprint density at radius 1 is 0.810 bits per heavy atom. The minimum Gasteiger partial charge on any atom is -0.370 e. The highest BCUT2D eigenvalue weighted by Crippen LogP contribution is 2.26. The normalized spacial score (nSPS) is 11.9. The van der Waals surface area contributed by atoms with E-state index in [2.05, 4.69) is 10.3 Å². The van der Waals surface area contributed by atoms with Crippen LogP contribution in [0.25, 0.3) is 0 Å². The van der Waals surface area contributed by atoms with Gasteiger partial charge in [0.15, 0.2) is 0 Å². The Morgan fingerprint density at radius 3 is 2.24 bits per heavy atom. The molecule has 3 rings (SSSR count). The molecule has 0 aliphatic carbocycles. The van der Waals surface area contributed by atoms with Gasteiger partial charge in [0.25, 0.3) is 0 Å². The van der Waals surface area contributed by atoms with E-state index in [0.29, 0.717) is 5.69 Å². The molecule has 2 nitrogen and oxygen atoms in total. The van der Waals surface area contributed by atoms with Crippen LogP contribution < -0.4 is 5.32 Å². The molecule has 0 radical (unpaired) electrons. The second-order valence-corrected chi connectivity index (χ2v) is 4.72. The number of aromatic nitrogens is 1. The maximum Gasteiger partial charge on any atom is 0.146 e. The number of anilines is 1. The quantitative estimate of drug-likeness (QED) is 0.764. The highest BCUT2D eigenvalue weighted by molar-refractivity contribution is 5.49. The number of benzene rings is 2. The van der Waals surface area contributed by atoms with Crippen LogP contribution in [0.3, 0.4) is 0 Å². The van der Waals surface area contributed by atoms with Gasteiger partial charge < -0.3 is 5.32 Å². The Labute approximate surface area is 123 Å². The first-order valence-corrected chi connectivity index (χ1v) is 6.81. The van der Waals surface area contributed by atoms with Gasteiger partial charge in [0.2, 0.25) is 0 Å². The number of para-hydroxylation sites is 1. The van der Waals surface area contributed by atoms with Crippen LogP contribution in [0.1, 0.15) is 17.3 Å². The van der Waals surface area contributed by atoms with Crippen LogP contribution in [0, 0.1) is 5.82 Å². The van der Waals surface area contributed by atoms with Crippen molar-refractivity contribution in [3.63, 3.8) is 0 Å². The Kier molecular flexibility index (Phi) is 3.92. The molecule has 3 heteroatoms. The van der Waals surface area contributed by atoms with E-state index in [-0.39, 0.29) is 11.9 Å². The van der Waals surface area contributed by atoms with E-state index < -0.39 is 0 Å². The summed E-state index contributed by atoms with van der Waals surface area (Å²) in [6, 6.07) is 22.1. The molecule has 0 saturated carbocycles. The molecule has 3 aromatic rings. The van der Waals surface area contributed by atoms with E-state index in [4.69, 9.17) is 0 Å². The number of nitrogens with one attached hydrogen (secondary N) is 1. The molecule has 1 heterocycles. The van der Waals surface area contributed by atoms with E-state index in [1.54, 1.807) is 18.3 Å². The van der Waals surface area contributed by atoms with Crippen LogP contribution in [0.4, 0.5) is 10.1 Å². The summed E-state index contributed by atoms with van der Waals surface area (Å²) < 4.78 is 13.9. The standard InChI is InChI=1S/C18H15FN2/c19-15-10-4-5-11-16(15)21-18(14-8-2-1-3-9-14)17-12-6-7-13-20-17/h1-13,18,21H. The van der Waals surface area contributed by atoms with Crippen LogP contribution in [0.5, 0.6) is 0 Å². The van der Waals surface area contributed by atoms with Gasteiger partial charge in [0.05, 0.1) is 17.4 Å². The van der Waals surface area contributed by atoms with Crippen molar-refractivity contribution in [2.24, 2.45) is 0 Å². The van der Waals surface area contributed by atoms with Crippen LogP contribution in [-0.4, -0.2) is 4.98 Å². The van der Waals surface area contributed by atoms with Gasteiger partial charge in [0.1, 0.15) is 5.82 Å². The summed E-state index contributed by atoms with van der Waals surface area (Å²) in [5.74, 6) is -0.269. The molecule has 0 fully saturated rings. The Balaban J connectivity index is 1.99. The number of pyridine rings is 1.